The van der Waals surface area contributed by atoms with Crippen molar-refractivity contribution in [2.24, 2.45) is 5.41 Å². The van der Waals surface area contributed by atoms with Gasteiger partial charge in [0, 0.05) is 36.5 Å². The highest BCUT2D eigenvalue weighted by molar-refractivity contribution is 6.01. The van der Waals surface area contributed by atoms with E-state index in [0.29, 0.717) is 42.7 Å². The number of rotatable bonds is 7. The van der Waals surface area contributed by atoms with Crippen molar-refractivity contribution in [2.45, 2.75) is 43.9 Å². The summed E-state index contributed by atoms with van der Waals surface area (Å²) in [6, 6.07) is 11.2. The number of piperazine rings is 1. The zero-order valence-corrected chi connectivity index (χ0v) is 24.0. The van der Waals surface area contributed by atoms with E-state index in [1.807, 2.05) is 32.0 Å². The Morgan fingerprint density at radius 1 is 1.10 bits per heavy atom. The summed E-state index contributed by atoms with van der Waals surface area (Å²) in [5.74, 6) is -1.32. The van der Waals surface area contributed by atoms with Gasteiger partial charge in [-0.2, -0.15) is 9.97 Å². The quantitative estimate of drug-likeness (QED) is 0.298. The molecular formula is C32H35F2N5O3. The van der Waals surface area contributed by atoms with Gasteiger partial charge in [-0.15, -0.1) is 0 Å². The van der Waals surface area contributed by atoms with Crippen LogP contribution in [0.3, 0.4) is 0 Å². The minimum Gasteiger partial charge on any atom is -0.508 e. The van der Waals surface area contributed by atoms with Crippen LogP contribution in [-0.2, 0) is 0 Å². The highest BCUT2D eigenvalue weighted by Gasteiger charge is 2.47. The number of phenols is 1. The Bertz CT molecular complexity index is 1710. The van der Waals surface area contributed by atoms with E-state index < -0.39 is 17.2 Å². The van der Waals surface area contributed by atoms with E-state index in [4.69, 9.17) is 9.72 Å². The maximum atomic E-state index is 16.6. The zero-order chi connectivity index (χ0) is 29.4. The summed E-state index contributed by atoms with van der Waals surface area (Å²) in [4.78, 5) is 13.3. The number of fused-ring (bicyclic) bond motifs is 4. The summed E-state index contributed by atoms with van der Waals surface area (Å²) >= 11 is 0. The van der Waals surface area contributed by atoms with Crippen molar-refractivity contribution in [3.05, 3.63) is 54.1 Å². The van der Waals surface area contributed by atoms with E-state index in [0.717, 1.165) is 19.4 Å². The molecule has 3 fully saturated rings. The highest BCUT2D eigenvalue weighted by Crippen LogP contribution is 2.46. The van der Waals surface area contributed by atoms with Crippen molar-refractivity contribution >= 4 is 27.5 Å². The number of nitrogens with zero attached hydrogens (tertiary/aromatic N) is 4. The van der Waals surface area contributed by atoms with Crippen LogP contribution in [-0.4, -0.2) is 83.1 Å². The van der Waals surface area contributed by atoms with Crippen LogP contribution in [0, 0.1) is 17.0 Å². The summed E-state index contributed by atoms with van der Waals surface area (Å²) in [6.07, 6.45) is 2.62. The fourth-order valence-corrected chi connectivity index (χ4v) is 6.89. The topological polar surface area (TPSA) is 94.0 Å². The molecule has 8 nitrogen and oxygen atoms in total. The first-order valence-electron chi connectivity index (χ1n) is 14.4. The van der Waals surface area contributed by atoms with Gasteiger partial charge in [-0.1, -0.05) is 24.3 Å². The number of aromatic nitrogens is 2. The molecule has 4 aromatic rings. The Labute approximate surface area is 242 Å². The second kappa shape index (κ2) is 9.72. The van der Waals surface area contributed by atoms with Gasteiger partial charge in [-0.05, 0) is 74.8 Å². The molecule has 10 heteroatoms. The molecular weight excluding hydrogens is 540 g/mol. The first kappa shape index (κ1) is 27.2. The Balaban J connectivity index is 1.37. The molecule has 3 atom stereocenters. The second-order valence-electron chi connectivity index (χ2n) is 12.9. The molecule has 1 saturated carbocycles. The molecule has 3 aliphatic rings. The van der Waals surface area contributed by atoms with Crippen molar-refractivity contribution in [1.29, 1.82) is 0 Å². The van der Waals surface area contributed by atoms with Gasteiger partial charge in [-0.3, -0.25) is 0 Å². The molecule has 3 aromatic carbocycles. The average molecular weight is 576 g/mol. The smallest absolute Gasteiger partial charge is 0.319 e. The van der Waals surface area contributed by atoms with Crippen molar-refractivity contribution in [2.75, 3.05) is 45.2 Å². The molecule has 0 spiro atoms. The number of phenolic OH excluding ortho intramolecular Hbond substituents is 1. The molecule has 220 valence electrons. The number of ether oxygens (including phenoxy) is 1. The van der Waals surface area contributed by atoms with Gasteiger partial charge >= 0.3 is 6.01 Å². The summed E-state index contributed by atoms with van der Waals surface area (Å²) in [6.45, 7) is 4.00. The first-order valence-corrected chi connectivity index (χ1v) is 14.4. The SMILES string of the molecule is CN(C)CC1(COc2nc(N3CC4CC(C)(O)C(C3)N4)c3cc(F)c(-c4cc(O)cc5ccccc45)c(F)c3n2)CC1. The minimum absolute atomic E-state index is 0.00180. The largest absolute Gasteiger partial charge is 0.508 e. The maximum Gasteiger partial charge on any atom is 0.319 e. The lowest BCUT2D eigenvalue weighted by Crippen LogP contribution is -2.55. The molecule has 3 heterocycles. The number of hydrogen-bond acceptors (Lipinski definition) is 8. The molecule has 3 unspecified atom stereocenters. The molecule has 0 amide bonds. The van der Waals surface area contributed by atoms with Gasteiger partial charge in [0.25, 0.3) is 0 Å². The van der Waals surface area contributed by atoms with Crippen molar-refractivity contribution in [1.82, 2.24) is 20.2 Å². The number of halogens is 2. The highest BCUT2D eigenvalue weighted by atomic mass is 19.1. The Morgan fingerprint density at radius 2 is 1.88 bits per heavy atom. The lowest BCUT2D eigenvalue weighted by Gasteiger charge is -2.36. The van der Waals surface area contributed by atoms with Crippen molar-refractivity contribution < 1.29 is 23.7 Å². The Hall–Kier alpha value is -3.60. The van der Waals surface area contributed by atoms with Crippen LogP contribution < -0.4 is 15.0 Å². The van der Waals surface area contributed by atoms with E-state index in [-0.39, 0.29) is 51.3 Å². The summed E-state index contributed by atoms with van der Waals surface area (Å²) in [5, 5.41) is 26.3. The van der Waals surface area contributed by atoms with Gasteiger partial charge in [-0.25, -0.2) is 8.78 Å². The molecule has 42 heavy (non-hydrogen) atoms. The molecule has 2 saturated heterocycles. The van der Waals surface area contributed by atoms with Crippen LogP contribution in [0.15, 0.2) is 42.5 Å². The molecule has 1 aromatic heterocycles. The van der Waals surface area contributed by atoms with Crippen LogP contribution >= 0.6 is 0 Å². The molecule has 7 rings (SSSR count). The number of hydrogen-bond donors (Lipinski definition) is 3. The van der Waals surface area contributed by atoms with E-state index >= 15 is 8.78 Å². The normalized spacial score (nSPS) is 24.6. The van der Waals surface area contributed by atoms with E-state index in [1.165, 1.54) is 12.1 Å². The van der Waals surface area contributed by atoms with Crippen LogP contribution in [0.5, 0.6) is 11.8 Å². The molecule has 3 N–H and O–H groups in total. The number of nitrogens with one attached hydrogen (secondary N) is 1. The number of aromatic hydroxyl groups is 1. The third-order valence-corrected chi connectivity index (χ3v) is 9.06. The van der Waals surface area contributed by atoms with Crippen LogP contribution in [0.25, 0.3) is 32.8 Å². The third-order valence-electron chi connectivity index (χ3n) is 9.06. The van der Waals surface area contributed by atoms with Crippen LogP contribution in [0.1, 0.15) is 26.2 Å². The first-order chi connectivity index (χ1) is 20.0. The predicted octanol–water partition coefficient (Wildman–Crippen LogP) is 4.46. The predicted molar refractivity (Wildman–Crippen MR) is 158 cm³/mol. The molecule has 2 bridgehead atoms. The van der Waals surface area contributed by atoms with Gasteiger partial charge in [0.2, 0.25) is 0 Å². The fourth-order valence-electron chi connectivity index (χ4n) is 6.89. The van der Waals surface area contributed by atoms with Crippen molar-refractivity contribution in [3.8, 4) is 22.9 Å². The Morgan fingerprint density at radius 3 is 2.62 bits per heavy atom. The lowest BCUT2D eigenvalue weighted by molar-refractivity contribution is 0.0505. The minimum atomic E-state index is -0.897. The molecule has 2 aliphatic heterocycles. The fraction of sp³-hybridized carbons (Fsp3) is 0.438. The Kier molecular flexibility index (Phi) is 6.31. The third kappa shape index (κ3) is 4.71. The number of aliphatic hydroxyl groups is 1. The summed E-state index contributed by atoms with van der Waals surface area (Å²) in [5.41, 5.74) is -0.966. The van der Waals surface area contributed by atoms with E-state index in [1.54, 1.807) is 24.3 Å². The van der Waals surface area contributed by atoms with Crippen LogP contribution in [0.2, 0.25) is 0 Å². The van der Waals surface area contributed by atoms with Gasteiger partial charge in [0.1, 0.15) is 22.9 Å². The average Bonchev–Trinajstić information content (AvgIpc) is 3.65. The van der Waals surface area contributed by atoms with Crippen LogP contribution in [0.4, 0.5) is 14.6 Å². The van der Waals surface area contributed by atoms with Gasteiger partial charge < -0.3 is 30.1 Å². The molecule has 0 radical (unpaired) electrons. The van der Waals surface area contributed by atoms with E-state index in [9.17, 15) is 10.2 Å². The van der Waals surface area contributed by atoms with Gasteiger partial charge in [0.15, 0.2) is 5.82 Å². The standard InChI is InChI=1S/C32H35F2N5O3/c1-31(41)13-19-14-39(15-25(31)35-19)29-23-12-24(33)26(22-11-20(40)10-18-6-4-5-7-21(18)22)27(34)28(23)36-30(37-29)42-17-32(8-9-32)16-38(2)3/h4-7,10-12,19,25,35,40-41H,8-9,13-17H2,1-3H3. The summed E-state index contributed by atoms with van der Waals surface area (Å²) < 4.78 is 38.8. The lowest BCUT2D eigenvalue weighted by atomic mass is 9.95. The van der Waals surface area contributed by atoms with Gasteiger partial charge in [0.05, 0.1) is 23.8 Å². The van der Waals surface area contributed by atoms with E-state index in [2.05, 4.69) is 15.2 Å². The summed E-state index contributed by atoms with van der Waals surface area (Å²) in [7, 11) is 4.05. The number of anilines is 1. The number of benzene rings is 3. The zero-order valence-electron chi connectivity index (χ0n) is 24.0. The maximum absolute atomic E-state index is 16.6. The van der Waals surface area contributed by atoms with Crippen molar-refractivity contribution in [3.63, 3.8) is 0 Å². The molecule has 1 aliphatic carbocycles. The second-order valence-corrected chi connectivity index (χ2v) is 12.9. The monoisotopic (exact) mass is 575 g/mol.